The maximum Gasteiger partial charge on any atom is 0.334 e. The van der Waals surface area contributed by atoms with Crippen molar-refractivity contribution < 1.29 is 34.0 Å². The normalized spacial score (nSPS) is 16.7. The molecule has 1 fully saturated rings. The van der Waals surface area contributed by atoms with E-state index in [1.54, 1.807) is 21.3 Å². The second-order valence-corrected chi connectivity index (χ2v) is 9.24. The molecule has 38 heavy (non-hydrogen) atoms. The number of carbonyl (C=O) groups is 1. The molecule has 1 saturated heterocycles. The van der Waals surface area contributed by atoms with Crippen LogP contribution in [0.25, 0.3) is 0 Å². The maximum atomic E-state index is 11.4. The molecule has 8 nitrogen and oxygen atoms in total. The van der Waals surface area contributed by atoms with Gasteiger partial charge in [0.05, 0.1) is 27.9 Å². The topological polar surface area (TPSA) is 97.7 Å². The van der Waals surface area contributed by atoms with Crippen molar-refractivity contribution in [1.29, 1.82) is 0 Å². The maximum absolute atomic E-state index is 11.4. The van der Waals surface area contributed by atoms with E-state index in [2.05, 4.69) is 0 Å². The highest BCUT2D eigenvalue weighted by Gasteiger charge is 2.39. The molecule has 0 unspecified atom stereocenters. The van der Waals surface area contributed by atoms with Crippen LogP contribution in [0.4, 0.5) is 0 Å². The van der Waals surface area contributed by atoms with Gasteiger partial charge in [-0.2, -0.15) is 0 Å². The number of carboxylic acid groups (broad SMARTS) is 1. The molecule has 0 radical (unpaired) electrons. The first-order valence-corrected chi connectivity index (χ1v) is 12.7. The highest BCUT2D eigenvalue weighted by Crippen LogP contribution is 2.42. The van der Waals surface area contributed by atoms with Crippen LogP contribution in [0.1, 0.15) is 29.5 Å². The van der Waals surface area contributed by atoms with Crippen LogP contribution >= 0.6 is 0 Å². The quantitative estimate of drug-likeness (QED) is 0.346. The van der Waals surface area contributed by atoms with Crippen LogP contribution in [-0.4, -0.2) is 74.3 Å². The molecular formula is C30H35NO7. The van der Waals surface area contributed by atoms with Gasteiger partial charge in [0.25, 0.3) is 0 Å². The van der Waals surface area contributed by atoms with Crippen LogP contribution in [0, 0.1) is 0 Å². The minimum absolute atomic E-state index is 0.299. The molecule has 0 spiro atoms. The molecular weight excluding hydrogens is 486 g/mol. The van der Waals surface area contributed by atoms with Crippen LogP contribution in [0.5, 0.6) is 17.2 Å². The van der Waals surface area contributed by atoms with E-state index in [1.165, 1.54) is 0 Å². The minimum Gasteiger partial charge on any atom is -0.497 e. The Morgan fingerprint density at radius 2 is 1.26 bits per heavy atom. The highest BCUT2D eigenvalue weighted by atomic mass is 16.5. The molecule has 4 rings (SSSR count). The van der Waals surface area contributed by atoms with Gasteiger partial charge in [-0.15, -0.1) is 0 Å². The summed E-state index contributed by atoms with van der Waals surface area (Å²) in [6.45, 7) is 1.48. The van der Waals surface area contributed by atoms with Crippen LogP contribution < -0.4 is 14.2 Å². The minimum atomic E-state index is -1.42. The van der Waals surface area contributed by atoms with Gasteiger partial charge in [0, 0.05) is 12.6 Å². The first kappa shape index (κ1) is 27.4. The van der Waals surface area contributed by atoms with Crippen LogP contribution in [0.2, 0.25) is 0 Å². The largest absolute Gasteiger partial charge is 0.497 e. The van der Waals surface area contributed by atoms with Crippen molar-refractivity contribution in [2.45, 2.75) is 30.6 Å². The lowest BCUT2D eigenvalue weighted by atomic mass is 9.80. The summed E-state index contributed by atoms with van der Waals surface area (Å²) >= 11 is 0. The van der Waals surface area contributed by atoms with Gasteiger partial charge in [0.2, 0.25) is 0 Å². The standard InChI is InChI=1S/C30H35NO7/c1-35-24-12-6-21(7-13-24)30(22-8-14-25(36-2)15-9-22,23-10-16-26(37-3)17-11-23)38-20-19-31-18-4-5-27(31)28(32)29(33)34/h6-17,27-28,32H,4-5,18-20H2,1-3H3,(H,33,34)/t27-,28+/m1/s1. The molecule has 1 aliphatic rings. The fraction of sp³-hybridized carbons (Fsp3) is 0.367. The molecule has 1 aliphatic heterocycles. The molecule has 3 aromatic rings. The predicted octanol–water partition coefficient (Wildman–Crippen LogP) is 3.93. The number of aliphatic hydroxyl groups excluding tert-OH is 1. The van der Waals surface area contributed by atoms with Gasteiger partial charge in [0.15, 0.2) is 6.10 Å². The van der Waals surface area contributed by atoms with Gasteiger partial charge in [-0.3, -0.25) is 4.90 Å². The van der Waals surface area contributed by atoms with E-state index in [1.807, 2.05) is 77.7 Å². The number of nitrogens with zero attached hydrogens (tertiary/aromatic N) is 1. The fourth-order valence-corrected chi connectivity index (χ4v) is 5.19. The SMILES string of the molecule is COc1ccc(C(OCCN2CCC[C@@H]2[C@H](O)C(=O)O)(c2ccc(OC)cc2)c2ccc(OC)cc2)cc1. The Balaban J connectivity index is 1.75. The Morgan fingerprint density at radius 3 is 1.63 bits per heavy atom. The zero-order valence-electron chi connectivity index (χ0n) is 22.0. The van der Waals surface area contributed by atoms with E-state index in [0.717, 1.165) is 40.4 Å². The summed E-state index contributed by atoms with van der Waals surface area (Å²) in [5.74, 6) is 0.992. The molecule has 202 valence electrons. The Labute approximate surface area is 223 Å². The smallest absolute Gasteiger partial charge is 0.334 e. The van der Waals surface area contributed by atoms with E-state index in [4.69, 9.17) is 18.9 Å². The molecule has 0 bridgehead atoms. The summed E-state index contributed by atoms with van der Waals surface area (Å²) in [7, 11) is 4.89. The highest BCUT2D eigenvalue weighted by molar-refractivity contribution is 5.73. The third kappa shape index (κ3) is 5.62. The molecule has 0 saturated carbocycles. The number of carboxylic acids is 1. The number of hydrogen-bond donors (Lipinski definition) is 2. The lowest BCUT2D eigenvalue weighted by Crippen LogP contribution is -2.45. The second-order valence-electron chi connectivity index (χ2n) is 9.24. The Morgan fingerprint density at radius 1 is 0.842 bits per heavy atom. The van der Waals surface area contributed by atoms with E-state index < -0.39 is 23.7 Å². The lowest BCUT2D eigenvalue weighted by molar-refractivity contribution is -0.150. The summed E-state index contributed by atoms with van der Waals surface area (Å²) < 4.78 is 23.1. The molecule has 8 heteroatoms. The molecule has 1 heterocycles. The summed E-state index contributed by atoms with van der Waals surface area (Å²) in [6.07, 6.45) is 0.0379. The first-order chi connectivity index (χ1) is 18.4. The Hall–Kier alpha value is -3.59. The van der Waals surface area contributed by atoms with Gasteiger partial charge >= 0.3 is 5.97 Å². The predicted molar refractivity (Wildman–Crippen MR) is 143 cm³/mol. The number of likely N-dealkylation sites (tertiary alicyclic amines) is 1. The molecule has 0 aliphatic carbocycles. The van der Waals surface area contributed by atoms with Gasteiger partial charge in [-0.25, -0.2) is 4.79 Å². The van der Waals surface area contributed by atoms with Crippen molar-refractivity contribution >= 4 is 5.97 Å². The molecule has 2 N–H and O–H groups in total. The van der Waals surface area contributed by atoms with Gasteiger partial charge < -0.3 is 29.2 Å². The first-order valence-electron chi connectivity index (χ1n) is 12.7. The fourth-order valence-electron chi connectivity index (χ4n) is 5.19. The van der Waals surface area contributed by atoms with Gasteiger partial charge in [-0.1, -0.05) is 36.4 Å². The van der Waals surface area contributed by atoms with Crippen molar-refractivity contribution in [1.82, 2.24) is 4.90 Å². The van der Waals surface area contributed by atoms with Crippen LogP contribution in [0.3, 0.4) is 0 Å². The van der Waals surface area contributed by atoms with E-state index in [9.17, 15) is 15.0 Å². The van der Waals surface area contributed by atoms with Gasteiger partial charge in [-0.05, 0) is 72.5 Å². The van der Waals surface area contributed by atoms with Crippen molar-refractivity contribution in [3.05, 3.63) is 89.5 Å². The number of benzene rings is 3. The number of aliphatic carboxylic acids is 1. The van der Waals surface area contributed by atoms with Crippen LogP contribution in [-0.2, 0) is 15.1 Å². The average molecular weight is 522 g/mol. The molecule has 2 atom stereocenters. The summed E-state index contributed by atoms with van der Waals surface area (Å²) in [6, 6.07) is 22.9. The Bertz CT molecular complexity index is 1060. The average Bonchev–Trinajstić information content (AvgIpc) is 3.43. The second kappa shape index (κ2) is 12.3. The van der Waals surface area contributed by atoms with Crippen molar-refractivity contribution in [2.24, 2.45) is 0 Å². The summed E-state index contributed by atoms with van der Waals surface area (Å²) in [5, 5.41) is 19.6. The van der Waals surface area contributed by atoms with Crippen LogP contribution in [0.15, 0.2) is 72.8 Å². The van der Waals surface area contributed by atoms with Gasteiger partial charge in [0.1, 0.15) is 22.8 Å². The van der Waals surface area contributed by atoms with Crippen molar-refractivity contribution in [2.75, 3.05) is 41.0 Å². The lowest BCUT2D eigenvalue weighted by Gasteiger charge is -2.37. The number of aliphatic hydroxyl groups is 1. The molecule has 0 amide bonds. The zero-order valence-corrected chi connectivity index (χ0v) is 22.0. The van der Waals surface area contributed by atoms with E-state index >= 15 is 0 Å². The third-order valence-electron chi connectivity index (χ3n) is 7.22. The van der Waals surface area contributed by atoms with E-state index in [0.29, 0.717) is 26.1 Å². The number of methoxy groups -OCH3 is 3. The van der Waals surface area contributed by atoms with Crippen molar-refractivity contribution in [3.8, 4) is 17.2 Å². The molecule has 0 aromatic heterocycles. The number of ether oxygens (including phenoxy) is 4. The summed E-state index contributed by atoms with van der Waals surface area (Å²) in [4.78, 5) is 13.4. The van der Waals surface area contributed by atoms with E-state index in [-0.39, 0.29) is 0 Å². The number of rotatable bonds is 12. The zero-order chi connectivity index (χ0) is 27.1. The van der Waals surface area contributed by atoms with Crippen molar-refractivity contribution in [3.63, 3.8) is 0 Å². The molecule has 3 aromatic carbocycles. The Kier molecular flexibility index (Phi) is 8.89. The number of hydrogen-bond acceptors (Lipinski definition) is 7. The summed E-state index contributed by atoms with van der Waals surface area (Å²) in [5.41, 5.74) is 1.71. The monoisotopic (exact) mass is 521 g/mol. The third-order valence-corrected chi connectivity index (χ3v) is 7.22.